The summed E-state index contributed by atoms with van der Waals surface area (Å²) in [5, 5.41) is 0. The van der Waals surface area contributed by atoms with E-state index in [0.29, 0.717) is 6.04 Å². The highest BCUT2D eigenvalue weighted by atomic mass is 127. The molecular formula is C6H15IN2. The normalized spacial score (nSPS) is 10.6. The summed E-state index contributed by atoms with van der Waals surface area (Å²) in [6.07, 6.45) is 0. The van der Waals surface area contributed by atoms with Crippen molar-refractivity contribution in [1.82, 2.24) is 10.9 Å². The molecule has 0 saturated heterocycles. The van der Waals surface area contributed by atoms with Crippen LogP contribution in [0, 0.1) is 0 Å². The first-order valence-corrected chi connectivity index (χ1v) is 6.13. The minimum Gasteiger partial charge on any atom is -0.257 e. The molecular weight excluding hydrogens is 227 g/mol. The van der Waals surface area contributed by atoms with E-state index < -0.39 is 0 Å². The predicted octanol–water partition coefficient (Wildman–Crippen LogP) is 0.892. The number of hydrazine groups is 1. The zero-order valence-corrected chi connectivity index (χ0v) is 8.23. The molecule has 9 heavy (non-hydrogen) atoms. The molecule has 0 fully saturated rings. The molecule has 0 spiro atoms. The van der Waals surface area contributed by atoms with Gasteiger partial charge in [-0.15, -0.1) is 20.7 Å². The van der Waals surface area contributed by atoms with Gasteiger partial charge in [-0.1, -0.05) is 4.51 Å². The largest absolute Gasteiger partial charge is 0.257 e. The molecule has 0 atom stereocenters. The summed E-state index contributed by atoms with van der Waals surface area (Å²) in [7, 11) is 0. The first-order chi connectivity index (χ1) is 4.27. The average Bonchev–Trinajstić information content (AvgIpc) is 1.80. The third kappa shape index (κ3) is 8.52. The maximum Gasteiger partial charge on any atom is 0.0186 e. The fourth-order valence-corrected chi connectivity index (χ4v) is 1.04. The van der Waals surface area contributed by atoms with Gasteiger partial charge in [0, 0.05) is 17.0 Å². The van der Waals surface area contributed by atoms with Crippen LogP contribution >= 0.6 is 20.7 Å². The number of hydrogen-bond acceptors (Lipinski definition) is 2. The van der Waals surface area contributed by atoms with Crippen molar-refractivity contribution in [2.45, 2.75) is 19.9 Å². The summed E-state index contributed by atoms with van der Waals surface area (Å²) in [5.74, 6) is 0. The Morgan fingerprint density at radius 1 is 1.56 bits per heavy atom. The molecule has 0 bridgehead atoms. The summed E-state index contributed by atoms with van der Waals surface area (Å²) in [6, 6.07) is 0.535. The number of alkyl halides is 1. The molecule has 0 aliphatic heterocycles. The molecule has 0 aliphatic carbocycles. The van der Waals surface area contributed by atoms with E-state index in [0.717, 1.165) is 6.54 Å². The standard InChI is InChI=1S/C6H15IN2/c1-6(2)9-8-5-4-7-3/h6,8-9H,3-5H2,1-2H3. The van der Waals surface area contributed by atoms with Crippen LogP contribution in [0.15, 0.2) is 0 Å². The third-order valence-electron chi connectivity index (χ3n) is 0.744. The van der Waals surface area contributed by atoms with E-state index in [2.05, 4.69) is 29.2 Å². The van der Waals surface area contributed by atoms with Crippen LogP contribution in [-0.4, -0.2) is 21.5 Å². The maximum absolute atomic E-state index is 3.84. The molecule has 56 valence electrons. The van der Waals surface area contributed by atoms with Crippen LogP contribution in [-0.2, 0) is 0 Å². The van der Waals surface area contributed by atoms with Crippen molar-refractivity contribution in [3.05, 3.63) is 0 Å². The molecule has 0 radical (unpaired) electrons. The fraction of sp³-hybridized carbons (Fsp3) is 0.833. The second kappa shape index (κ2) is 6.64. The summed E-state index contributed by atoms with van der Waals surface area (Å²) >= 11 is 0.223. The van der Waals surface area contributed by atoms with Gasteiger partial charge < -0.3 is 0 Å². The molecule has 3 heteroatoms. The Morgan fingerprint density at radius 2 is 2.22 bits per heavy atom. The van der Waals surface area contributed by atoms with E-state index in [9.17, 15) is 0 Å². The Labute approximate surface area is 67.1 Å². The molecule has 0 unspecified atom stereocenters. The van der Waals surface area contributed by atoms with Gasteiger partial charge in [0.15, 0.2) is 0 Å². The van der Waals surface area contributed by atoms with Gasteiger partial charge in [-0.25, -0.2) is 0 Å². The molecule has 2 N–H and O–H groups in total. The lowest BCUT2D eigenvalue weighted by Crippen LogP contribution is -2.38. The van der Waals surface area contributed by atoms with E-state index in [-0.39, 0.29) is 20.7 Å². The van der Waals surface area contributed by atoms with Crippen LogP contribution < -0.4 is 10.9 Å². The zero-order chi connectivity index (χ0) is 7.11. The topological polar surface area (TPSA) is 24.1 Å². The van der Waals surface area contributed by atoms with Gasteiger partial charge in [0.2, 0.25) is 0 Å². The second-order valence-electron chi connectivity index (χ2n) is 2.10. The maximum atomic E-state index is 3.84. The number of nitrogens with one attached hydrogen (secondary N) is 2. The molecule has 0 saturated carbocycles. The van der Waals surface area contributed by atoms with Crippen molar-refractivity contribution in [3.8, 4) is 0 Å². The van der Waals surface area contributed by atoms with Gasteiger partial charge in [-0.05, 0) is 13.8 Å². The molecule has 0 aromatic heterocycles. The van der Waals surface area contributed by atoms with Crippen molar-refractivity contribution in [2.75, 3.05) is 11.0 Å². The highest BCUT2D eigenvalue weighted by Crippen LogP contribution is 1.85. The van der Waals surface area contributed by atoms with Gasteiger partial charge in [-0.3, -0.25) is 10.9 Å². The lowest BCUT2D eigenvalue weighted by molar-refractivity contribution is 0.490. The molecule has 0 aromatic rings. The summed E-state index contributed by atoms with van der Waals surface area (Å²) < 4.78 is 5.09. The van der Waals surface area contributed by atoms with E-state index in [4.69, 9.17) is 0 Å². The Balaban J connectivity index is 2.82. The van der Waals surface area contributed by atoms with Crippen LogP contribution in [0.1, 0.15) is 13.8 Å². The lowest BCUT2D eigenvalue weighted by atomic mass is 10.4. The van der Waals surface area contributed by atoms with Crippen molar-refractivity contribution in [2.24, 2.45) is 0 Å². The highest BCUT2D eigenvalue weighted by molar-refractivity contribution is 14.2. The van der Waals surface area contributed by atoms with E-state index in [1.807, 2.05) is 0 Å². The van der Waals surface area contributed by atoms with E-state index in [1.165, 1.54) is 4.43 Å². The average molecular weight is 242 g/mol. The number of halogens is 1. The van der Waals surface area contributed by atoms with Crippen LogP contribution in [0.3, 0.4) is 0 Å². The summed E-state index contributed by atoms with van der Waals surface area (Å²) in [4.78, 5) is 0. The van der Waals surface area contributed by atoms with Crippen molar-refractivity contribution in [1.29, 1.82) is 0 Å². The van der Waals surface area contributed by atoms with E-state index >= 15 is 0 Å². The number of rotatable bonds is 5. The van der Waals surface area contributed by atoms with Gasteiger partial charge in [0.05, 0.1) is 0 Å². The Kier molecular flexibility index (Phi) is 7.02. The number of hydrogen-bond donors (Lipinski definition) is 2. The monoisotopic (exact) mass is 242 g/mol. The Hall–Kier alpha value is 0.520. The first-order valence-electron chi connectivity index (χ1n) is 3.08. The predicted molar refractivity (Wildman–Crippen MR) is 52.3 cm³/mol. The minimum atomic E-state index is 0.223. The van der Waals surface area contributed by atoms with Crippen molar-refractivity contribution >= 4 is 25.2 Å². The second-order valence-corrected chi connectivity index (χ2v) is 4.26. The van der Waals surface area contributed by atoms with Crippen LogP contribution in [0.25, 0.3) is 0 Å². The van der Waals surface area contributed by atoms with Gasteiger partial charge >= 0.3 is 0 Å². The smallest absolute Gasteiger partial charge is 0.0186 e. The lowest BCUT2D eigenvalue weighted by Gasteiger charge is -2.07. The van der Waals surface area contributed by atoms with Crippen molar-refractivity contribution < 1.29 is 0 Å². The molecule has 2 nitrogen and oxygen atoms in total. The fourth-order valence-electron chi connectivity index (χ4n) is 0.390. The quantitative estimate of drug-likeness (QED) is 0.324. The van der Waals surface area contributed by atoms with Crippen LogP contribution in [0.5, 0.6) is 0 Å². The summed E-state index contributed by atoms with van der Waals surface area (Å²) in [5.41, 5.74) is 6.24. The minimum absolute atomic E-state index is 0.223. The molecule has 0 aliphatic rings. The Morgan fingerprint density at radius 3 is 2.67 bits per heavy atom. The molecule has 0 rings (SSSR count). The molecule has 0 aromatic carbocycles. The van der Waals surface area contributed by atoms with Crippen LogP contribution in [0.4, 0.5) is 0 Å². The van der Waals surface area contributed by atoms with Gasteiger partial charge in [0.25, 0.3) is 0 Å². The third-order valence-corrected chi connectivity index (χ3v) is 2.05. The van der Waals surface area contributed by atoms with E-state index in [1.54, 1.807) is 0 Å². The molecule has 0 heterocycles. The zero-order valence-electron chi connectivity index (χ0n) is 6.08. The summed E-state index contributed by atoms with van der Waals surface area (Å²) in [6.45, 7) is 5.30. The first kappa shape index (κ1) is 9.52. The Bertz CT molecular complexity index is 73.5. The van der Waals surface area contributed by atoms with Crippen LogP contribution in [0.2, 0.25) is 0 Å². The van der Waals surface area contributed by atoms with Crippen molar-refractivity contribution in [3.63, 3.8) is 0 Å². The molecule has 0 amide bonds. The van der Waals surface area contributed by atoms with Gasteiger partial charge in [-0.2, -0.15) is 0 Å². The van der Waals surface area contributed by atoms with Gasteiger partial charge in [0.1, 0.15) is 0 Å². The SMILES string of the molecule is C=ICCNNC(C)C. The highest BCUT2D eigenvalue weighted by Gasteiger charge is 1.86.